The first-order chi connectivity index (χ1) is 14.6. The number of aryl methyl sites for hydroxylation is 1. The molecule has 0 radical (unpaired) electrons. The van der Waals surface area contributed by atoms with Crippen molar-refractivity contribution >= 4 is 11.0 Å². The molecule has 160 valence electrons. The molecule has 4 nitrogen and oxygen atoms in total. The normalized spacial score (nSPS) is 16.0. The predicted octanol–water partition coefficient (Wildman–Crippen LogP) is 5.19. The van der Waals surface area contributed by atoms with Crippen LogP contribution in [0.4, 0.5) is 0 Å². The Morgan fingerprint density at radius 2 is 1.73 bits per heavy atom. The summed E-state index contributed by atoms with van der Waals surface area (Å²) in [6.07, 6.45) is 3.76. The van der Waals surface area contributed by atoms with E-state index in [2.05, 4.69) is 78.8 Å². The molecule has 0 aliphatic carbocycles. The predicted molar refractivity (Wildman–Crippen MR) is 124 cm³/mol. The van der Waals surface area contributed by atoms with Crippen LogP contribution in [0, 0.1) is 6.92 Å². The van der Waals surface area contributed by atoms with Crippen molar-refractivity contribution in [3.05, 3.63) is 65.5 Å². The van der Waals surface area contributed by atoms with Gasteiger partial charge in [0.25, 0.3) is 0 Å². The number of hydrogen-bond donors (Lipinski definition) is 0. The van der Waals surface area contributed by atoms with Crippen LogP contribution in [0.15, 0.2) is 48.5 Å². The molecule has 2 heterocycles. The quantitative estimate of drug-likeness (QED) is 0.516. The van der Waals surface area contributed by atoms with Crippen LogP contribution < -0.4 is 0 Å². The second-order valence-corrected chi connectivity index (χ2v) is 8.88. The molecule has 0 amide bonds. The summed E-state index contributed by atoms with van der Waals surface area (Å²) in [4.78, 5) is 7.67. The van der Waals surface area contributed by atoms with Gasteiger partial charge in [-0.1, -0.05) is 42.0 Å². The maximum atomic E-state index is 5.85. The summed E-state index contributed by atoms with van der Waals surface area (Å²) >= 11 is 0. The van der Waals surface area contributed by atoms with Crippen LogP contribution in [0.25, 0.3) is 11.0 Å². The lowest BCUT2D eigenvalue weighted by molar-refractivity contribution is 0.0724. The maximum absolute atomic E-state index is 5.85. The standard InChI is InChI=1S/C26H35N3O/c1-20(2)30-19-18-29-25-7-5-4-6-24(25)27-26(29)23-13-16-28(17-14-23)15-12-22-10-8-21(3)9-11-22/h4-11,20,23H,12-19H2,1-3H3. The summed E-state index contributed by atoms with van der Waals surface area (Å²) in [6, 6.07) is 17.5. The van der Waals surface area contributed by atoms with Crippen LogP contribution in [-0.2, 0) is 17.7 Å². The molecule has 2 aromatic carbocycles. The Morgan fingerprint density at radius 3 is 2.47 bits per heavy atom. The van der Waals surface area contributed by atoms with Crippen LogP contribution in [0.3, 0.4) is 0 Å². The first-order valence-corrected chi connectivity index (χ1v) is 11.4. The summed E-state index contributed by atoms with van der Waals surface area (Å²) in [5.74, 6) is 1.79. The van der Waals surface area contributed by atoms with Crippen molar-refractivity contribution < 1.29 is 4.74 Å². The van der Waals surface area contributed by atoms with Crippen LogP contribution in [-0.4, -0.2) is 46.8 Å². The van der Waals surface area contributed by atoms with E-state index in [-0.39, 0.29) is 6.10 Å². The zero-order valence-electron chi connectivity index (χ0n) is 18.7. The summed E-state index contributed by atoms with van der Waals surface area (Å²) in [5, 5.41) is 0. The van der Waals surface area contributed by atoms with E-state index in [1.165, 1.54) is 35.3 Å². The number of nitrogens with zero attached hydrogens (tertiary/aromatic N) is 3. The van der Waals surface area contributed by atoms with E-state index < -0.39 is 0 Å². The number of imidazole rings is 1. The van der Waals surface area contributed by atoms with Crippen LogP contribution in [0.1, 0.15) is 49.6 Å². The molecule has 4 rings (SSSR count). The number of benzene rings is 2. The average molecular weight is 406 g/mol. The molecule has 0 N–H and O–H groups in total. The van der Waals surface area contributed by atoms with E-state index in [0.29, 0.717) is 5.92 Å². The first kappa shape index (κ1) is 21.1. The van der Waals surface area contributed by atoms with E-state index in [9.17, 15) is 0 Å². The third-order valence-electron chi connectivity index (χ3n) is 6.24. The van der Waals surface area contributed by atoms with Gasteiger partial charge in [0.1, 0.15) is 5.82 Å². The van der Waals surface area contributed by atoms with Gasteiger partial charge in [0.2, 0.25) is 0 Å². The fourth-order valence-corrected chi connectivity index (χ4v) is 4.48. The topological polar surface area (TPSA) is 30.3 Å². The fourth-order valence-electron chi connectivity index (χ4n) is 4.48. The minimum Gasteiger partial charge on any atom is -0.377 e. The number of rotatable bonds is 8. The fraction of sp³-hybridized carbons (Fsp3) is 0.500. The van der Waals surface area contributed by atoms with Crippen molar-refractivity contribution in [3.63, 3.8) is 0 Å². The van der Waals surface area contributed by atoms with E-state index in [1.807, 2.05) is 0 Å². The number of ether oxygens (including phenoxy) is 1. The molecule has 1 saturated heterocycles. The van der Waals surface area contributed by atoms with Crippen molar-refractivity contribution in [2.24, 2.45) is 0 Å². The maximum Gasteiger partial charge on any atom is 0.113 e. The summed E-state index contributed by atoms with van der Waals surface area (Å²) in [5.41, 5.74) is 5.12. The minimum atomic E-state index is 0.264. The first-order valence-electron chi connectivity index (χ1n) is 11.4. The monoisotopic (exact) mass is 405 g/mol. The molecule has 0 atom stereocenters. The number of likely N-dealkylation sites (tertiary alicyclic amines) is 1. The van der Waals surface area contributed by atoms with Crippen LogP contribution >= 0.6 is 0 Å². The number of piperidine rings is 1. The Hall–Kier alpha value is -2.17. The lowest BCUT2D eigenvalue weighted by Gasteiger charge is -2.32. The van der Waals surface area contributed by atoms with Gasteiger partial charge in [-0.05, 0) is 70.8 Å². The van der Waals surface area contributed by atoms with Gasteiger partial charge in [0, 0.05) is 19.0 Å². The molecular formula is C26H35N3O. The van der Waals surface area contributed by atoms with Crippen molar-refractivity contribution in [3.8, 4) is 0 Å². The van der Waals surface area contributed by atoms with E-state index in [0.717, 1.165) is 44.7 Å². The molecule has 30 heavy (non-hydrogen) atoms. The van der Waals surface area contributed by atoms with Gasteiger partial charge in [-0.25, -0.2) is 4.98 Å². The lowest BCUT2D eigenvalue weighted by atomic mass is 9.95. The van der Waals surface area contributed by atoms with Gasteiger partial charge in [-0.2, -0.15) is 0 Å². The average Bonchev–Trinajstić information content (AvgIpc) is 3.12. The van der Waals surface area contributed by atoms with Gasteiger partial charge in [0.15, 0.2) is 0 Å². The van der Waals surface area contributed by atoms with Gasteiger partial charge < -0.3 is 14.2 Å². The number of aromatic nitrogens is 2. The van der Waals surface area contributed by atoms with Crippen molar-refractivity contribution in [1.29, 1.82) is 0 Å². The van der Waals surface area contributed by atoms with Crippen LogP contribution in [0.2, 0.25) is 0 Å². The highest BCUT2D eigenvalue weighted by Gasteiger charge is 2.25. The molecule has 4 heteroatoms. The molecule has 0 saturated carbocycles. The van der Waals surface area contributed by atoms with E-state index in [4.69, 9.17) is 9.72 Å². The second kappa shape index (κ2) is 9.76. The largest absolute Gasteiger partial charge is 0.377 e. The number of para-hydroxylation sites is 2. The zero-order valence-corrected chi connectivity index (χ0v) is 18.7. The third-order valence-corrected chi connectivity index (χ3v) is 6.24. The van der Waals surface area contributed by atoms with Gasteiger partial charge >= 0.3 is 0 Å². The third kappa shape index (κ3) is 5.11. The highest BCUT2D eigenvalue weighted by molar-refractivity contribution is 5.76. The van der Waals surface area contributed by atoms with Crippen molar-refractivity contribution in [2.75, 3.05) is 26.2 Å². The van der Waals surface area contributed by atoms with E-state index in [1.54, 1.807) is 0 Å². The Morgan fingerprint density at radius 1 is 1.00 bits per heavy atom. The smallest absolute Gasteiger partial charge is 0.113 e. The molecular weight excluding hydrogens is 370 g/mol. The molecule has 0 bridgehead atoms. The van der Waals surface area contributed by atoms with Gasteiger partial charge in [-0.15, -0.1) is 0 Å². The molecule has 1 aliphatic heterocycles. The Kier molecular flexibility index (Phi) is 6.86. The molecule has 3 aromatic rings. The Balaban J connectivity index is 1.39. The van der Waals surface area contributed by atoms with Gasteiger partial charge in [-0.3, -0.25) is 0 Å². The summed E-state index contributed by atoms with van der Waals surface area (Å²) in [6.45, 7) is 11.4. The van der Waals surface area contributed by atoms with Crippen molar-refractivity contribution in [2.45, 2.75) is 58.6 Å². The van der Waals surface area contributed by atoms with Crippen molar-refractivity contribution in [1.82, 2.24) is 14.5 Å². The molecule has 0 spiro atoms. The minimum absolute atomic E-state index is 0.264. The van der Waals surface area contributed by atoms with Gasteiger partial charge in [0.05, 0.1) is 23.7 Å². The van der Waals surface area contributed by atoms with E-state index >= 15 is 0 Å². The number of hydrogen-bond acceptors (Lipinski definition) is 3. The number of fused-ring (bicyclic) bond motifs is 1. The summed E-state index contributed by atoms with van der Waals surface area (Å²) < 4.78 is 8.26. The SMILES string of the molecule is Cc1ccc(CCN2CCC(c3nc4ccccc4n3CCOC(C)C)CC2)cc1. The lowest BCUT2D eigenvalue weighted by Crippen LogP contribution is -2.35. The molecule has 1 aromatic heterocycles. The highest BCUT2D eigenvalue weighted by Crippen LogP contribution is 2.30. The molecule has 0 unspecified atom stereocenters. The Bertz CT molecular complexity index is 937. The molecule has 1 fully saturated rings. The molecule has 1 aliphatic rings. The van der Waals surface area contributed by atoms with Crippen LogP contribution in [0.5, 0.6) is 0 Å². The Labute approximate surface area is 180 Å². The highest BCUT2D eigenvalue weighted by atomic mass is 16.5. The summed E-state index contributed by atoms with van der Waals surface area (Å²) in [7, 11) is 0. The second-order valence-electron chi connectivity index (χ2n) is 8.88. The zero-order chi connectivity index (χ0) is 20.9.